The van der Waals surface area contributed by atoms with Gasteiger partial charge in [-0.1, -0.05) is 12.8 Å². The molecule has 0 atom stereocenters. The molecule has 1 saturated carbocycles. The van der Waals surface area contributed by atoms with Gasteiger partial charge in [0, 0.05) is 19.0 Å². The van der Waals surface area contributed by atoms with Gasteiger partial charge in [-0.05, 0) is 19.3 Å². The number of carbonyl (C=O) groups is 2. The summed E-state index contributed by atoms with van der Waals surface area (Å²) < 4.78 is 0. The van der Waals surface area contributed by atoms with Gasteiger partial charge in [-0.3, -0.25) is 9.80 Å². The minimum Gasteiger partial charge on any atom is -0.302 e. The fourth-order valence-corrected chi connectivity index (χ4v) is 2.64. The van der Waals surface area contributed by atoms with E-state index in [1.807, 2.05) is 10.0 Å². The van der Waals surface area contributed by atoms with Crippen molar-refractivity contribution in [2.75, 3.05) is 13.1 Å². The van der Waals surface area contributed by atoms with Crippen LogP contribution in [0.15, 0.2) is 0 Å². The van der Waals surface area contributed by atoms with Crippen LogP contribution in [-0.4, -0.2) is 41.3 Å². The Labute approximate surface area is 90.2 Å². The maximum atomic E-state index is 11.8. The molecule has 2 aliphatic rings. The third-order valence-corrected chi connectivity index (χ3v) is 3.32. The van der Waals surface area contributed by atoms with Crippen LogP contribution in [0, 0.1) is 0 Å². The van der Waals surface area contributed by atoms with Gasteiger partial charge < -0.3 is 4.79 Å². The summed E-state index contributed by atoms with van der Waals surface area (Å²) in [7, 11) is 0. The molecule has 4 heteroatoms. The standard InChI is InChI=1S/C11H18N2O2/c14-9-8-12-7-3-6-11(15)13(12)10-4-1-2-5-10/h9-10H,1-8H2. The van der Waals surface area contributed by atoms with Gasteiger partial charge in [-0.15, -0.1) is 0 Å². The van der Waals surface area contributed by atoms with Crippen molar-refractivity contribution in [1.29, 1.82) is 0 Å². The van der Waals surface area contributed by atoms with Gasteiger partial charge in [0.1, 0.15) is 6.29 Å². The molecule has 2 rings (SSSR count). The summed E-state index contributed by atoms with van der Waals surface area (Å²) in [5.41, 5.74) is 0. The van der Waals surface area contributed by atoms with Crippen LogP contribution in [0.4, 0.5) is 0 Å². The van der Waals surface area contributed by atoms with E-state index in [4.69, 9.17) is 0 Å². The van der Waals surface area contributed by atoms with Crippen molar-refractivity contribution in [2.24, 2.45) is 0 Å². The highest BCUT2D eigenvalue weighted by Crippen LogP contribution is 2.27. The second-order valence-corrected chi connectivity index (χ2v) is 4.36. The molecular weight excluding hydrogens is 192 g/mol. The summed E-state index contributed by atoms with van der Waals surface area (Å²) in [4.78, 5) is 22.4. The SMILES string of the molecule is O=CCN1CCCC(=O)N1C1CCCC1. The monoisotopic (exact) mass is 210 g/mol. The zero-order valence-electron chi connectivity index (χ0n) is 9.02. The van der Waals surface area contributed by atoms with E-state index in [-0.39, 0.29) is 5.91 Å². The van der Waals surface area contributed by atoms with E-state index in [2.05, 4.69) is 0 Å². The Morgan fingerprint density at radius 1 is 1.27 bits per heavy atom. The number of rotatable bonds is 3. The molecule has 4 nitrogen and oxygen atoms in total. The minimum absolute atomic E-state index is 0.204. The van der Waals surface area contributed by atoms with Gasteiger partial charge in [0.2, 0.25) is 5.91 Å². The largest absolute Gasteiger partial charge is 0.302 e. The molecule has 0 unspecified atom stereocenters. The van der Waals surface area contributed by atoms with Gasteiger partial charge in [0.25, 0.3) is 0 Å². The first kappa shape index (κ1) is 10.6. The molecule has 1 saturated heterocycles. The highest BCUT2D eigenvalue weighted by Gasteiger charge is 2.33. The van der Waals surface area contributed by atoms with Crippen molar-refractivity contribution in [3.63, 3.8) is 0 Å². The molecule has 0 radical (unpaired) electrons. The molecule has 2 fully saturated rings. The maximum Gasteiger partial charge on any atom is 0.237 e. The second-order valence-electron chi connectivity index (χ2n) is 4.36. The molecule has 0 aromatic carbocycles. The molecule has 84 valence electrons. The average Bonchev–Trinajstić information content (AvgIpc) is 2.71. The lowest BCUT2D eigenvalue weighted by atomic mass is 10.1. The Balaban J connectivity index is 2.06. The zero-order valence-corrected chi connectivity index (χ0v) is 9.02. The van der Waals surface area contributed by atoms with Crippen molar-refractivity contribution in [3.05, 3.63) is 0 Å². The fourth-order valence-electron chi connectivity index (χ4n) is 2.64. The number of hydrogen-bond acceptors (Lipinski definition) is 3. The topological polar surface area (TPSA) is 40.6 Å². The van der Waals surface area contributed by atoms with Crippen LogP contribution < -0.4 is 0 Å². The molecule has 1 aliphatic carbocycles. The number of amides is 1. The molecule has 1 aliphatic heterocycles. The third-order valence-electron chi connectivity index (χ3n) is 3.32. The Morgan fingerprint density at radius 3 is 2.67 bits per heavy atom. The summed E-state index contributed by atoms with van der Waals surface area (Å²) in [5, 5.41) is 3.79. The Morgan fingerprint density at radius 2 is 2.00 bits per heavy atom. The smallest absolute Gasteiger partial charge is 0.237 e. The molecule has 15 heavy (non-hydrogen) atoms. The number of hydrazine groups is 1. The van der Waals surface area contributed by atoms with Gasteiger partial charge in [-0.2, -0.15) is 0 Å². The van der Waals surface area contributed by atoms with Gasteiger partial charge in [0.15, 0.2) is 0 Å². The van der Waals surface area contributed by atoms with E-state index < -0.39 is 0 Å². The van der Waals surface area contributed by atoms with Crippen molar-refractivity contribution in [2.45, 2.75) is 44.6 Å². The lowest BCUT2D eigenvalue weighted by molar-refractivity contribution is -0.162. The van der Waals surface area contributed by atoms with Crippen molar-refractivity contribution in [3.8, 4) is 0 Å². The van der Waals surface area contributed by atoms with Crippen LogP contribution >= 0.6 is 0 Å². The first-order chi connectivity index (χ1) is 7.33. The van der Waals surface area contributed by atoms with Crippen LogP contribution in [0.5, 0.6) is 0 Å². The van der Waals surface area contributed by atoms with Crippen LogP contribution in [0.25, 0.3) is 0 Å². The summed E-state index contributed by atoms with van der Waals surface area (Å²) in [6.45, 7) is 1.21. The highest BCUT2D eigenvalue weighted by atomic mass is 16.2. The molecule has 1 heterocycles. The molecule has 0 spiro atoms. The quantitative estimate of drug-likeness (QED) is 0.652. The van der Waals surface area contributed by atoms with Gasteiger partial charge >= 0.3 is 0 Å². The summed E-state index contributed by atoms with van der Waals surface area (Å²) in [5.74, 6) is 0.204. The number of nitrogens with zero attached hydrogens (tertiary/aromatic N) is 2. The number of carbonyl (C=O) groups excluding carboxylic acids is 2. The second kappa shape index (κ2) is 4.75. The first-order valence-electron chi connectivity index (χ1n) is 5.83. The molecular formula is C11H18N2O2. The maximum absolute atomic E-state index is 11.8. The van der Waals surface area contributed by atoms with E-state index >= 15 is 0 Å². The third kappa shape index (κ3) is 2.20. The van der Waals surface area contributed by atoms with Gasteiger partial charge in [-0.25, -0.2) is 5.01 Å². The Kier molecular flexibility index (Phi) is 3.36. The predicted molar refractivity (Wildman–Crippen MR) is 56.0 cm³/mol. The van der Waals surface area contributed by atoms with E-state index in [1.54, 1.807) is 0 Å². The number of aldehydes is 1. The number of hydrogen-bond donors (Lipinski definition) is 0. The summed E-state index contributed by atoms with van der Waals surface area (Å²) in [6.07, 6.45) is 7.04. The Bertz CT molecular complexity index is 249. The minimum atomic E-state index is 0.204. The lowest BCUT2D eigenvalue weighted by Crippen LogP contribution is -2.55. The normalized spacial score (nSPS) is 24.8. The van der Waals surface area contributed by atoms with Crippen LogP contribution in [0.1, 0.15) is 38.5 Å². The molecule has 0 bridgehead atoms. The van der Waals surface area contributed by atoms with Crippen molar-refractivity contribution >= 4 is 12.2 Å². The molecule has 1 amide bonds. The summed E-state index contributed by atoms with van der Waals surface area (Å²) >= 11 is 0. The van der Waals surface area contributed by atoms with E-state index in [1.165, 1.54) is 12.8 Å². The van der Waals surface area contributed by atoms with Crippen molar-refractivity contribution in [1.82, 2.24) is 10.0 Å². The zero-order chi connectivity index (χ0) is 10.7. The first-order valence-corrected chi connectivity index (χ1v) is 5.83. The van der Waals surface area contributed by atoms with E-state index in [0.29, 0.717) is 19.0 Å². The van der Waals surface area contributed by atoms with Crippen LogP contribution in [0.3, 0.4) is 0 Å². The van der Waals surface area contributed by atoms with Crippen molar-refractivity contribution < 1.29 is 9.59 Å². The average molecular weight is 210 g/mol. The molecule has 0 aromatic heterocycles. The van der Waals surface area contributed by atoms with E-state index in [9.17, 15) is 9.59 Å². The van der Waals surface area contributed by atoms with Crippen LogP contribution in [-0.2, 0) is 9.59 Å². The van der Waals surface area contributed by atoms with Crippen LogP contribution in [0.2, 0.25) is 0 Å². The molecule has 0 aromatic rings. The molecule has 0 N–H and O–H groups in total. The van der Waals surface area contributed by atoms with E-state index in [0.717, 1.165) is 32.1 Å². The highest BCUT2D eigenvalue weighted by molar-refractivity contribution is 5.77. The Hall–Kier alpha value is -0.900. The fraction of sp³-hybridized carbons (Fsp3) is 0.818. The summed E-state index contributed by atoms with van der Waals surface area (Å²) in [6, 6.07) is 0.359. The van der Waals surface area contributed by atoms with Gasteiger partial charge in [0.05, 0.1) is 6.54 Å². The lowest BCUT2D eigenvalue weighted by Gasteiger charge is -2.41. The predicted octanol–water partition coefficient (Wildman–Crippen LogP) is 0.967.